The summed E-state index contributed by atoms with van der Waals surface area (Å²) in [7, 11) is 0. The number of carboxylic acids is 1. The summed E-state index contributed by atoms with van der Waals surface area (Å²) >= 11 is 0. The maximum Gasteiger partial charge on any atom is 0.326 e. The second kappa shape index (κ2) is 8.53. The molecule has 1 atom stereocenters. The average molecular weight is 319 g/mol. The number of hydrogen-bond acceptors (Lipinski definition) is 4. The van der Waals surface area contributed by atoms with Crippen LogP contribution in [0.2, 0.25) is 0 Å². The van der Waals surface area contributed by atoms with Crippen molar-refractivity contribution in [3.63, 3.8) is 0 Å². The van der Waals surface area contributed by atoms with Crippen molar-refractivity contribution in [3.8, 4) is 0 Å². The van der Waals surface area contributed by atoms with E-state index in [0.717, 1.165) is 24.9 Å². The third kappa shape index (κ3) is 5.25. The molecule has 6 heteroatoms. The summed E-state index contributed by atoms with van der Waals surface area (Å²) in [5, 5.41) is 14.8. The maximum absolute atomic E-state index is 11.9. The zero-order valence-electron chi connectivity index (χ0n) is 13.3. The lowest BCUT2D eigenvalue weighted by molar-refractivity contribution is -0.141. The Bertz CT molecular complexity index is 560. The van der Waals surface area contributed by atoms with Crippen molar-refractivity contribution in [1.29, 1.82) is 0 Å². The van der Waals surface area contributed by atoms with Gasteiger partial charge in [0, 0.05) is 5.69 Å². The number of amides is 1. The van der Waals surface area contributed by atoms with Gasteiger partial charge in [-0.2, -0.15) is 0 Å². The molecule has 0 heterocycles. The van der Waals surface area contributed by atoms with Crippen LogP contribution in [0.25, 0.3) is 0 Å². The van der Waals surface area contributed by atoms with Gasteiger partial charge in [-0.1, -0.05) is 6.07 Å². The van der Waals surface area contributed by atoms with Crippen LogP contribution in [-0.2, 0) is 22.4 Å². The van der Waals surface area contributed by atoms with Gasteiger partial charge >= 0.3 is 5.97 Å². The monoisotopic (exact) mass is 319 g/mol. The Hall–Kier alpha value is -2.08. The van der Waals surface area contributed by atoms with E-state index < -0.39 is 12.0 Å². The molecule has 2 rings (SSSR count). The number of benzene rings is 1. The van der Waals surface area contributed by atoms with Crippen molar-refractivity contribution >= 4 is 17.6 Å². The normalized spacial score (nSPS) is 14.1. The Morgan fingerprint density at radius 3 is 2.74 bits per heavy atom. The van der Waals surface area contributed by atoms with E-state index in [4.69, 9.17) is 10.8 Å². The van der Waals surface area contributed by atoms with Crippen LogP contribution in [0, 0.1) is 0 Å². The molecule has 0 radical (unpaired) electrons. The Balaban J connectivity index is 1.80. The minimum Gasteiger partial charge on any atom is -0.480 e. The molecule has 0 fully saturated rings. The first-order valence-corrected chi connectivity index (χ1v) is 8.18. The first-order chi connectivity index (χ1) is 11.1. The molecule has 0 spiro atoms. The van der Waals surface area contributed by atoms with E-state index in [0.29, 0.717) is 19.4 Å². The van der Waals surface area contributed by atoms with Crippen LogP contribution >= 0.6 is 0 Å². The highest BCUT2D eigenvalue weighted by Gasteiger charge is 2.19. The summed E-state index contributed by atoms with van der Waals surface area (Å²) in [5.41, 5.74) is 9.01. The Kier molecular flexibility index (Phi) is 6.40. The predicted molar refractivity (Wildman–Crippen MR) is 89.4 cm³/mol. The highest BCUT2D eigenvalue weighted by molar-refractivity contribution is 5.86. The molecular weight excluding hydrogens is 294 g/mol. The Morgan fingerprint density at radius 1 is 1.22 bits per heavy atom. The Labute approximate surface area is 136 Å². The summed E-state index contributed by atoms with van der Waals surface area (Å²) in [6.07, 6.45) is 5.23. The molecule has 1 aromatic rings. The smallest absolute Gasteiger partial charge is 0.326 e. The van der Waals surface area contributed by atoms with Gasteiger partial charge in [0.25, 0.3) is 0 Å². The summed E-state index contributed by atoms with van der Waals surface area (Å²) in [6, 6.07) is 5.28. The second-order valence-electron chi connectivity index (χ2n) is 5.93. The molecule has 1 aliphatic rings. The molecule has 0 bridgehead atoms. The molecule has 0 unspecified atom stereocenters. The van der Waals surface area contributed by atoms with Crippen LogP contribution in [0.1, 0.15) is 36.8 Å². The molecule has 1 amide bonds. The fourth-order valence-electron chi connectivity index (χ4n) is 2.86. The first kappa shape index (κ1) is 17.3. The lowest BCUT2D eigenvalue weighted by atomic mass is 10.1. The molecule has 0 saturated carbocycles. The van der Waals surface area contributed by atoms with Crippen LogP contribution in [0.3, 0.4) is 0 Å². The van der Waals surface area contributed by atoms with E-state index in [1.165, 1.54) is 17.5 Å². The molecular formula is C17H25N3O3. The van der Waals surface area contributed by atoms with Crippen molar-refractivity contribution < 1.29 is 14.7 Å². The van der Waals surface area contributed by atoms with Crippen molar-refractivity contribution in [2.75, 3.05) is 18.4 Å². The van der Waals surface area contributed by atoms with Crippen LogP contribution in [0.4, 0.5) is 5.69 Å². The molecule has 0 aromatic heterocycles. The number of carbonyl (C=O) groups excluding carboxylic acids is 1. The SMILES string of the molecule is NCCCC[C@H](NC(=O)CNc1ccc2c(c1)CCC2)C(=O)O. The summed E-state index contributed by atoms with van der Waals surface area (Å²) in [4.78, 5) is 23.1. The highest BCUT2D eigenvalue weighted by atomic mass is 16.4. The van der Waals surface area contributed by atoms with Crippen molar-refractivity contribution in [1.82, 2.24) is 5.32 Å². The molecule has 23 heavy (non-hydrogen) atoms. The molecule has 1 aliphatic carbocycles. The molecule has 0 saturated heterocycles. The van der Waals surface area contributed by atoms with Gasteiger partial charge < -0.3 is 21.5 Å². The molecule has 5 N–H and O–H groups in total. The van der Waals surface area contributed by atoms with Gasteiger partial charge in [0.2, 0.25) is 5.91 Å². The third-order valence-corrected chi connectivity index (χ3v) is 4.13. The summed E-state index contributed by atoms with van der Waals surface area (Å²) in [6.45, 7) is 0.597. The predicted octanol–water partition coefficient (Wildman–Crippen LogP) is 1.29. The topological polar surface area (TPSA) is 104 Å². The van der Waals surface area contributed by atoms with E-state index in [2.05, 4.69) is 22.8 Å². The molecule has 0 aliphatic heterocycles. The van der Waals surface area contributed by atoms with Crippen molar-refractivity contribution in [3.05, 3.63) is 29.3 Å². The van der Waals surface area contributed by atoms with Crippen LogP contribution in [0.5, 0.6) is 0 Å². The largest absolute Gasteiger partial charge is 0.480 e. The molecule has 1 aromatic carbocycles. The van der Waals surface area contributed by atoms with Crippen molar-refractivity contribution in [2.24, 2.45) is 5.73 Å². The van der Waals surface area contributed by atoms with E-state index >= 15 is 0 Å². The van der Waals surface area contributed by atoms with Gasteiger partial charge in [0.15, 0.2) is 0 Å². The highest BCUT2D eigenvalue weighted by Crippen LogP contribution is 2.24. The number of carbonyl (C=O) groups is 2. The van der Waals surface area contributed by atoms with Gasteiger partial charge in [0.05, 0.1) is 6.54 Å². The van der Waals surface area contributed by atoms with Gasteiger partial charge in [-0.15, -0.1) is 0 Å². The maximum atomic E-state index is 11.9. The Morgan fingerprint density at radius 2 is 2.00 bits per heavy atom. The van der Waals surface area contributed by atoms with Crippen molar-refractivity contribution in [2.45, 2.75) is 44.6 Å². The fourth-order valence-corrected chi connectivity index (χ4v) is 2.86. The number of nitrogens with two attached hydrogens (primary N) is 1. The van der Waals surface area contributed by atoms with Crippen LogP contribution in [-0.4, -0.2) is 36.1 Å². The zero-order chi connectivity index (χ0) is 16.7. The van der Waals surface area contributed by atoms with Crippen LogP contribution < -0.4 is 16.4 Å². The number of aliphatic carboxylic acids is 1. The number of nitrogens with one attached hydrogen (secondary N) is 2. The number of fused-ring (bicyclic) bond motifs is 1. The van der Waals surface area contributed by atoms with Gasteiger partial charge in [-0.25, -0.2) is 4.79 Å². The second-order valence-corrected chi connectivity index (χ2v) is 5.93. The van der Waals surface area contributed by atoms with E-state index in [-0.39, 0.29) is 12.5 Å². The van der Waals surface area contributed by atoms with E-state index in [1.54, 1.807) is 0 Å². The minimum atomic E-state index is -1.01. The van der Waals surface area contributed by atoms with Gasteiger partial charge in [-0.05, 0) is 68.3 Å². The summed E-state index contributed by atoms with van der Waals surface area (Å²) < 4.78 is 0. The number of rotatable bonds is 9. The number of aryl methyl sites for hydroxylation is 2. The zero-order valence-corrected chi connectivity index (χ0v) is 13.3. The lowest BCUT2D eigenvalue weighted by Crippen LogP contribution is -2.43. The lowest BCUT2D eigenvalue weighted by Gasteiger charge is -2.15. The first-order valence-electron chi connectivity index (χ1n) is 8.18. The third-order valence-electron chi connectivity index (χ3n) is 4.13. The molecule has 6 nitrogen and oxygen atoms in total. The number of hydrogen-bond donors (Lipinski definition) is 4. The number of anilines is 1. The molecule has 126 valence electrons. The minimum absolute atomic E-state index is 0.0689. The standard InChI is InChI=1S/C17H25N3O3/c18-9-2-1-6-15(17(22)23)20-16(21)11-19-14-8-7-12-4-3-5-13(12)10-14/h7-8,10,15,19H,1-6,9,11,18H2,(H,20,21)(H,22,23)/t15-/m0/s1. The van der Waals surface area contributed by atoms with Gasteiger partial charge in [-0.3, -0.25) is 4.79 Å². The quantitative estimate of drug-likeness (QED) is 0.513. The average Bonchev–Trinajstić information content (AvgIpc) is 2.99. The van der Waals surface area contributed by atoms with Crippen LogP contribution in [0.15, 0.2) is 18.2 Å². The number of carboxylic acid groups (broad SMARTS) is 1. The van der Waals surface area contributed by atoms with E-state index in [9.17, 15) is 9.59 Å². The fraction of sp³-hybridized carbons (Fsp3) is 0.529. The van der Waals surface area contributed by atoms with E-state index in [1.807, 2.05) is 6.07 Å². The number of unbranched alkanes of at least 4 members (excludes halogenated alkanes) is 1. The summed E-state index contributed by atoms with van der Waals surface area (Å²) in [5.74, 6) is -1.32. The van der Waals surface area contributed by atoms with Gasteiger partial charge in [0.1, 0.15) is 6.04 Å².